The monoisotopic (exact) mass is 547 g/mol. The topological polar surface area (TPSA) is 99.6 Å². The van der Waals surface area contributed by atoms with E-state index in [1.165, 1.54) is 4.90 Å². The van der Waals surface area contributed by atoms with Gasteiger partial charge in [-0.15, -0.1) is 11.3 Å². The van der Waals surface area contributed by atoms with Crippen LogP contribution in [0.3, 0.4) is 0 Å². The number of benzene rings is 2. The number of aromatic nitrogens is 1. The fourth-order valence-electron chi connectivity index (χ4n) is 5.01. The van der Waals surface area contributed by atoms with Crippen LogP contribution in [0.25, 0.3) is 10.4 Å². The lowest BCUT2D eigenvalue weighted by molar-refractivity contribution is -0.143. The molecule has 3 aromatic rings. The minimum atomic E-state index is -0.822. The number of hydrogen-bond donors (Lipinski definition) is 2. The van der Waals surface area contributed by atoms with Crippen LogP contribution in [0, 0.1) is 12.3 Å². The molecule has 2 heterocycles. The summed E-state index contributed by atoms with van der Waals surface area (Å²) in [5.74, 6) is -0.664. The maximum Gasteiger partial charge on any atom is 0.246 e. The van der Waals surface area contributed by atoms with Crippen LogP contribution in [0.1, 0.15) is 50.4 Å². The van der Waals surface area contributed by atoms with E-state index in [-0.39, 0.29) is 43.4 Å². The molecule has 0 spiro atoms. The molecule has 206 valence electrons. The summed E-state index contributed by atoms with van der Waals surface area (Å²) in [6.07, 6.45) is 0.410. The first-order chi connectivity index (χ1) is 18.5. The largest absolute Gasteiger partial charge is 0.391 e. The molecule has 0 aliphatic carbocycles. The second-order valence-corrected chi connectivity index (χ2v) is 12.2. The highest BCUT2D eigenvalue weighted by molar-refractivity contribution is 7.13. The summed E-state index contributed by atoms with van der Waals surface area (Å²) in [4.78, 5) is 46.8. The number of β-amino-alcohol motifs (C(OH)–C–C–N with tert-alkyl or cyclic N) is 1. The minimum Gasteiger partial charge on any atom is -0.391 e. The lowest BCUT2D eigenvalue weighted by atomic mass is 9.85. The third-order valence-corrected chi connectivity index (χ3v) is 8.16. The molecular formula is C31H37N3O4S. The van der Waals surface area contributed by atoms with Crippen molar-refractivity contribution in [1.82, 2.24) is 15.2 Å². The highest BCUT2D eigenvalue weighted by Gasteiger charge is 2.44. The van der Waals surface area contributed by atoms with E-state index in [1.54, 1.807) is 11.3 Å². The molecule has 1 fully saturated rings. The van der Waals surface area contributed by atoms with Gasteiger partial charge in [0.1, 0.15) is 6.04 Å². The standard InChI is InChI=1S/C31H37N3O4S/c1-20-28(39-19-32-20)23-13-10-21(11-14-23)12-15-26(36)25-17-24(35)18-34(25)30(38)29(31(2,3)4)33-27(37)16-22-8-6-5-7-9-22/h5-11,13-14,19,24-25,29,35H,12,15-18H2,1-4H3,(H,33,37)/t24-,25+,29-/m1/s1. The molecule has 0 radical (unpaired) electrons. The van der Waals surface area contributed by atoms with Gasteiger partial charge >= 0.3 is 0 Å². The zero-order valence-corrected chi connectivity index (χ0v) is 23.8. The molecule has 0 unspecified atom stereocenters. The van der Waals surface area contributed by atoms with Crippen LogP contribution in [-0.2, 0) is 27.2 Å². The predicted octanol–water partition coefficient (Wildman–Crippen LogP) is 4.36. The van der Waals surface area contributed by atoms with Crippen molar-refractivity contribution in [1.29, 1.82) is 0 Å². The fraction of sp³-hybridized carbons (Fsp3) is 0.419. The number of Topliss-reactive ketones (excluding diaryl/α,β-unsaturated/α-hetero) is 1. The summed E-state index contributed by atoms with van der Waals surface area (Å²) < 4.78 is 0. The lowest BCUT2D eigenvalue weighted by Gasteiger charge is -2.35. The van der Waals surface area contributed by atoms with Gasteiger partial charge in [0.2, 0.25) is 11.8 Å². The lowest BCUT2D eigenvalue weighted by Crippen LogP contribution is -2.57. The molecule has 7 nitrogen and oxygen atoms in total. The molecule has 3 atom stereocenters. The Morgan fingerprint density at radius 1 is 1.08 bits per heavy atom. The number of likely N-dealkylation sites (tertiary alicyclic amines) is 1. The molecule has 4 rings (SSSR count). The first-order valence-corrected chi connectivity index (χ1v) is 14.2. The smallest absolute Gasteiger partial charge is 0.246 e. The maximum atomic E-state index is 13.7. The summed E-state index contributed by atoms with van der Waals surface area (Å²) in [6, 6.07) is 16.0. The van der Waals surface area contributed by atoms with Gasteiger partial charge in [-0.3, -0.25) is 14.4 Å². The second kappa shape index (κ2) is 12.2. The molecule has 8 heteroatoms. The van der Waals surface area contributed by atoms with Gasteiger partial charge in [-0.1, -0.05) is 75.4 Å². The number of rotatable bonds is 9. The van der Waals surface area contributed by atoms with Crippen molar-refractivity contribution >= 4 is 28.9 Å². The number of ketones is 1. The van der Waals surface area contributed by atoms with E-state index < -0.39 is 23.6 Å². The van der Waals surface area contributed by atoms with Crippen molar-refractivity contribution in [3.05, 3.63) is 76.9 Å². The molecule has 0 saturated carbocycles. The van der Waals surface area contributed by atoms with Crippen molar-refractivity contribution in [2.45, 2.75) is 71.6 Å². The van der Waals surface area contributed by atoms with Gasteiger partial charge < -0.3 is 15.3 Å². The van der Waals surface area contributed by atoms with Crippen molar-refractivity contribution in [2.75, 3.05) is 6.54 Å². The number of nitrogens with zero attached hydrogens (tertiary/aromatic N) is 2. The van der Waals surface area contributed by atoms with Crippen LogP contribution in [0.15, 0.2) is 60.1 Å². The summed E-state index contributed by atoms with van der Waals surface area (Å²) in [5, 5.41) is 13.3. The number of carbonyl (C=O) groups is 3. The summed E-state index contributed by atoms with van der Waals surface area (Å²) >= 11 is 1.60. The quantitative estimate of drug-likeness (QED) is 0.415. The normalized spacial score (nSPS) is 18.1. The molecule has 39 heavy (non-hydrogen) atoms. The molecule has 1 aromatic heterocycles. The molecule has 2 N–H and O–H groups in total. The Morgan fingerprint density at radius 2 is 1.77 bits per heavy atom. The highest BCUT2D eigenvalue weighted by Crippen LogP contribution is 2.29. The number of hydrogen-bond acceptors (Lipinski definition) is 6. The van der Waals surface area contributed by atoms with Crippen LogP contribution < -0.4 is 5.32 Å². The molecule has 2 aromatic carbocycles. The van der Waals surface area contributed by atoms with E-state index in [0.29, 0.717) is 6.42 Å². The molecule has 1 saturated heterocycles. The molecule has 0 bridgehead atoms. The highest BCUT2D eigenvalue weighted by atomic mass is 32.1. The Kier molecular flexibility index (Phi) is 8.97. The number of aryl methyl sites for hydroxylation is 2. The number of carbonyl (C=O) groups excluding carboxylic acids is 3. The van der Waals surface area contributed by atoms with E-state index in [2.05, 4.69) is 10.3 Å². The van der Waals surface area contributed by atoms with E-state index in [4.69, 9.17) is 0 Å². The maximum absolute atomic E-state index is 13.7. The van der Waals surface area contributed by atoms with E-state index in [0.717, 1.165) is 27.3 Å². The van der Waals surface area contributed by atoms with Gasteiger partial charge in [-0.25, -0.2) is 4.98 Å². The van der Waals surface area contributed by atoms with Crippen LogP contribution in [0.5, 0.6) is 0 Å². The Morgan fingerprint density at radius 3 is 2.38 bits per heavy atom. The van der Waals surface area contributed by atoms with Gasteiger partial charge in [0.25, 0.3) is 0 Å². The first kappa shape index (κ1) is 28.6. The Bertz CT molecular complexity index is 1300. The van der Waals surface area contributed by atoms with Crippen molar-refractivity contribution < 1.29 is 19.5 Å². The summed E-state index contributed by atoms with van der Waals surface area (Å²) in [6.45, 7) is 7.73. The van der Waals surface area contributed by atoms with Crippen LogP contribution in [-0.4, -0.2) is 57.3 Å². The molecule has 1 aliphatic heterocycles. The van der Waals surface area contributed by atoms with Gasteiger partial charge in [0.15, 0.2) is 5.78 Å². The zero-order chi connectivity index (χ0) is 28.2. The third kappa shape index (κ3) is 7.19. The van der Waals surface area contributed by atoms with E-state index >= 15 is 0 Å². The summed E-state index contributed by atoms with van der Waals surface area (Å²) in [7, 11) is 0. The zero-order valence-electron chi connectivity index (χ0n) is 23.0. The Labute approximate surface area is 234 Å². The van der Waals surface area contributed by atoms with Crippen molar-refractivity contribution in [2.24, 2.45) is 5.41 Å². The van der Waals surface area contributed by atoms with Gasteiger partial charge in [-0.05, 0) is 35.4 Å². The number of nitrogens with one attached hydrogen (secondary N) is 1. The SMILES string of the molecule is Cc1ncsc1-c1ccc(CCC(=O)[C@@H]2C[C@@H](O)CN2C(=O)[C@@H](NC(=O)Cc2ccccc2)C(C)(C)C)cc1. The molecule has 1 aliphatic rings. The van der Waals surface area contributed by atoms with Crippen LogP contribution >= 0.6 is 11.3 Å². The first-order valence-electron chi connectivity index (χ1n) is 13.4. The van der Waals surface area contributed by atoms with Gasteiger partial charge in [0, 0.05) is 19.4 Å². The molecular weight excluding hydrogens is 510 g/mol. The Hall–Kier alpha value is -3.36. The van der Waals surface area contributed by atoms with Crippen LogP contribution in [0.4, 0.5) is 0 Å². The number of aliphatic hydroxyl groups is 1. The summed E-state index contributed by atoms with van der Waals surface area (Å²) in [5.41, 5.74) is 5.24. The fourth-order valence-corrected chi connectivity index (χ4v) is 5.82. The average Bonchev–Trinajstić information content (AvgIpc) is 3.51. The number of thiazole rings is 1. The van der Waals surface area contributed by atoms with E-state index in [1.807, 2.05) is 87.8 Å². The van der Waals surface area contributed by atoms with E-state index in [9.17, 15) is 19.5 Å². The number of aliphatic hydroxyl groups excluding tert-OH is 1. The van der Waals surface area contributed by atoms with Crippen molar-refractivity contribution in [3.8, 4) is 10.4 Å². The Balaban J connectivity index is 1.41. The molecule has 2 amide bonds. The number of amides is 2. The van der Waals surface area contributed by atoms with Gasteiger partial charge in [-0.2, -0.15) is 0 Å². The second-order valence-electron chi connectivity index (χ2n) is 11.4. The average molecular weight is 548 g/mol. The predicted molar refractivity (Wildman–Crippen MR) is 153 cm³/mol. The minimum absolute atomic E-state index is 0.0782. The van der Waals surface area contributed by atoms with Gasteiger partial charge in [0.05, 0.1) is 34.6 Å². The van der Waals surface area contributed by atoms with Crippen LogP contribution in [0.2, 0.25) is 0 Å². The third-order valence-electron chi connectivity index (χ3n) is 7.18. The van der Waals surface area contributed by atoms with Crippen molar-refractivity contribution in [3.63, 3.8) is 0 Å².